The van der Waals surface area contributed by atoms with Crippen LogP contribution in [0.5, 0.6) is 0 Å². The summed E-state index contributed by atoms with van der Waals surface area (Å²) >= 11 is 1.33. The van der Waals surface area contributed by atoms with Crippen LogP contribution in [0.2, 0.25) is 0 Å². The molecule has 1 aromatic heterocycles. The summed E-state index contributed by atoms with van der Waals surface area (Å²) < 4.78 is 0. The van der Waals surface area contributed by atoms with Gasteiger partial charge in [-0.05, 0) is 43.4 Å². The van der Waals surface area contributed by atoms with Gasteiger partial charge in [0.1, 0.15) is 6.04 Å². The number of carbonyl (C=O) groups is 3. The normalized spacial score (nSPS) is 17.1. The minimum atomic E-state index is -0.526. The smallest absolute Gasteiger partial charge is 0.318 e. The summed E-state index contributed by atoms with van der Waals surface area (Å²) in [6.07, 6.45) is 3.50. The Kier molecular flexibility index (Phi) is 6.76. The molecule has 3 N–H and O–H groups in total. The highest BCUT2D eigenvalue weighted by Crippen LogP contribution is 2.27. The van der Waals surface area contributed by atoms with Crippen LogP contribution in [0.4, 0.5) is 9.93 Å². The summed E-state index contributed by atoms with van der Waals surface area (Å²) in [6, 6.07) is 16.5. The van der Waals surface area contributed by atoms with Gasteiger partial charge in [0.15, 0.2) is 5.13 Å². The van der Waals surface area contributed by atoms with Crippen LogP contribution in [0.1, 0.15) is 41.6 Å². The highest BCUT2D eigenvalue weighted by molar-refractivity contribution is 7.14. The third-order valence-corrected chi connectivity index (χ3v) is 6.95. The number of anilines is 1. The van der Waals surface area contributed by atoms with Crippen molar-refractivity contribution in [3.63, 3.8) is 0 Å². The lowest BCUT2D eigenvalue weighted by Gasteiger charge is -2.23. The first kappa shape index (κ1) is 23.0. The number of nitrogens with one attached hydrogen (secondary N) is 3. The van der Waals surface area contributed by atoms with Crippen LogP contribution in [0, 0.1) is 0 Å². The molecule has 2 heterocycles. The summed E-state index contributed by atoms with van der Waals surface area (Å²) in [6.45, 7) is 0.962. The fourth-order valence-electron chi connectivity index (χ4n) is 4.10. The van der Waals surface area contributed by atoms with Gasteiger partial charge in [-0.15, -0.1) is 11.3 Å². The Morgan fingerprint density at radius 1 is 1.00 bits per heavy atom. The van der Waals surface area contributed by atoms with E-state index in [1.54, 1.807) is 17.0 Å². The molecule has 1 aliphatic carbocycles. The molecule has 8 nitrogen and oxygen atoms in total. The van der Waals surface area contributed by atoms with Gasteiger partial charge in [0.25, 0.3) is 5.91 Å². The first-order chi connectivity index (χ1) is 17.1. The van der Waals surface area contributed by atoms with Crippen LogP contribution in [0.25, 0.3) is 11.3 Å². The Hall–Kier alpha value is -3.72. The van der Waals surface area contributed by atoms with E-state index in [4.69, 9.17) is 0 Å². The van der Waals surface area contributed by atoms with Crippen LogP contribution in [-0.2, 0) is 11.3 Å². The van der Waals surface area contributed by atoms with Gasteiger partial charge in [0, 0.05) is 35.6 Å². The van der Waals surface area contributed by atoms with Gasteiger partial charge in [-0.3, -0.25) is 9.59 Å². The van der Waals surface area contributed by atoms with Crippen LogP contribution in [-0.4, -0.2) is 46.4 Å². The number of urea groups is 1. The van der Waals surface area contributed by atoms with E-state index in [1.807, 2.05) is 47.8 Å². The third kappa shape index (κ3) is 5.68. The number of thiazole rings is 1. The fourth-order valence-corrected chi connectivity index (χ4v) is 4.82. The SMILES string of the molecule is O=C(NC1CC1)c1ccc(-c2csc(NC(=O)[C@@H]3CCCN3C(=O)NCc3ccccc3)n2)cc1. The van der Waals surface area contributed by atoms with E-state index in [-0.39, 0.29) is 17.8 Å². The molecule has 2 aromatic carbocycles. The van der Waals surface area contributed by atoms with Crippen LogP contribution < -0.4 is 16.0 Å². The predicted molar refractivity (Wildman–Crippen MR) is 135 cm³/mol. The van der Waals surface area contributed by atoms with Gasteiger partial charge in [-0.1, -0.05) is 42.5 Å². The largest absolute Gasteiger partial charge is 0.349 e. The molecule has 35 heavy (non-hydrogen) atoms. The van der Waals surface area contributed by atoms with E-state index >= 15 is 0 Å². The number of rotatable bonds is 7. The van der Waals surface area contributed by atoms with E-state index in [0.717, 1.165) is 36.1 Å². The van der Waals surface area contributed by atoms with Crippen LogP contribution in [0.3, 0.4) is 0 Å². The van der Waals surface area contributed by atoms with Gasteiger partial charge in [-0.25, -0.2) is 9.78 Å². The lowest BCUT2D eigenvalue weighted by Crippen LogP contribution is -2.47. The maximum atomic E-state index is 13.0. The molecular formula is C26H27N5O3S. The van der Waals surface area contributed by atoms with Gasteiger partial charge >= 0.3 is 6.03 Å². The van der Waals surface area contributed by atoms with Crippen molar-refractivity contribution in [1.29, 1.82) is 0 Å². The zero-order valence-corrected chi connectivity index (χ0v) is 20.0. The van der Waals surface area contributed by atoms with Crippen molar-refractivity contribution in [3.8, 4) is 11.3 Å². The number of amides is 4. The zero-order valence-electron chi connectivity index (χ0n) is 19.2. The topological polar surface area (TPSA) is 103 Å². The Balaban J connectivity index is 1.17. The van der Waals surface area contributed by atoms with Crippen molar-refractivity contribution in [2.45, 2.75) is 44.3 Å². The van der Waals surface area contributed by atoms with Crippen LogP contribution >= 0.6 is 11.3 Å². The summed E-state index contributed by atoms with van der Waals surface area (Å²) in [5.74, 6) is -0.287. The quantitative estimate of drug-likeness (QED) is 0.466. The lowest BCUT2D eigenvalue weighted by molar-refractivity contribution is -0.119. The first-order valence-corrected chi connectivity index (χ1v) is 12.7. The molecule has 0 radical (unpaired) electrons. The number of nitrogens with zero attached hydrogens (tertiary/aromatic N) is 2. The molecule has 1 saturated heterocycles. The molecule has 0 spiro atoms. The highest BCUT2D eigenvalue weighted by Gasteiger charge is 2.34. The Morgan fingerprint density at radius 3 is 2.51 bits per heavy atom. The second-order valence-corrected chi connectivity index (χ2v) is 9.71. The van der Waals surface area contributed by atoms with Crippen molar-refractivity contribution in [2.24, 2.45) is 0 Å². The molecular weight excluding hydrogens is 462 g/mol. The molecule has 180 valence electrons. The summed E-state index contributed by atoms with van der Waals surface area (Å²) in [5.41, 5.74) is 3.22. The summed E-state index contributed by atoms with van der Waals surface area (Å²) in [4.78, 5) is 44.0. The Morgan fingerprint density at radius 2 is 1.77 bits per heavy atom. The highest BCUT2D eigenvalue weighted by atomic mass is 32.1. The molecule has 9 heteroatoms. The average molecular weight is 490 g/mol. The van der Waals surface area contributed by atoms with Crippen molar-refractivity contribution in [1.82, 2.24) is 20.5 Å². The molecule has 4 amide bonds. The summed E-state index contributed by atoms with van der Waals surface area (Å²) in [7, 11) is 0. The number of hydrogen-bond donors (Lipinski definition) is 3. The standard InChI is InChI=1S/C26H27N5O3S/c32-23(28-20-12-13-20)19-10-8-18(9-11-19)21-16-35-25(29-21)30-24(33)22-7-4-14-31(22)26(34)27-15-17-5-2-1-3-6-17/h1-3,5-6,8-11,16,20,22H,4,7,12-15H2,(H,27,34)(H,28,32)(H,29,30,33)/t22-/m0/s1. The maximum Gasteiger partial charge on any atom is 0.318 e. The molecule has 2 aliphatic rings. The average Bonchev–Trinajstić information content (AvgIpc) is 3.35. The molecule has 0 bridgehead atoms. The van der Waals surface area contributed by atoms with Crippen molar-refractivity contribution in [2.75, 3.05) is 11.9 Å². The maximum absolute atomic E-state index is 13.0. The lowest BCUT2D eigenvalue weighted by atomic mass is 10.1. The number of carbonyl (C=O) groups excluding carboxylic acids is 3. The van der Waals surface area contributed by atoms with Gasteiger partial charge in [-0.2, -0.15) is 0 Å². The number of hydrogen-bond acceptors (Lipinski definition) is 5. The van der Waals surface area contributed by atoms with E-state index in [2.05, 4.69) is 20.9 Å². The second-order valence-electron chi connectivity index (χ2n) is 8.85. The number of aromatic nitrogens is 1. The predicted octanol–water partition coefficient (Wildman–Crippen LogP) is 4.02. The Bertz CT molecular complexity index is 1210. The van der Waals surface area contributed by atoms with E-state index in [9.17, 15) is 14.4 Å². The molecule has 0 unspecified atom stereocenters. The van der Waals surface area contributed by atoms with E-state index in [1.165, 1.54) is 11.3 Å². The third-order valence-electron chi connectivity index (χ3n) is 6.19. The van der Waals surface area contributed by atoms with Crippen molar-refractivity contribution in [3.05, 3.63) is 71.1 Å². The number of likely N-dealkylation sites (tertiary alicyclic amines) is 1. The monoisotopic (exact) mass is 489 g/mol. The minimum absolute atomic E-state index is 0.0563. The van der Waals surface area contributed by atoms with Crippen LogP contribution in [0.15, 0.2) is 60.0 Å². The van der Waals surface area contributed by atoms with Gasteiger partial charge in [0.2, 0.25) is 5.91 Å². The molecule has 1 saturated carbocycles. The van der Waals surface area contributed by atoms with Gasteiger partial charge in [0.05, 0.1) is 5.69 Å². The second kappa shape index (κ2) is 10.3. The van der Waals surface area contributed by atoms with E-state index in [0.29, 0.717) is 36.2 Å². The van der Waals surface area contributed by atoms with Crippen molar-refractivity contribution < 1.29 is 14.4 Å². The van der Waals surface area contributed by atoms with E-state index < -0.39 is 6.04 Å². The molecule has 3 aromatic rings. The molecule has 5 rings (SSSR count). The minimum Gasteiger partial charge on any atom is -0.349 e. The molecule has 1 aliphatic heterocycles. The van der Waals surface area contributed by atoms with Crippen molar-refractivity contribution >= 4 is 34.3 Å². The zero-order chi connectivity index (χ0) is 24.2. The molecule has 1 atom stereocenters. The Labute approximate surface area is 207 Å². The molecule has 2 fully saturated rings. The summed E-state index contributed by atoms with van der Waals surface area (Å²) in [5, 5.41) is 11.1. The fraction of sp³-hybridized carbons (Fsp3) is 0.308. The first-order valence-electron chi connectivity index (χ1n) is 11.8. The number of benzene rings is 2. The van der Waals surface area contributed by atoms with Gasteiger partial charge < -0.3 is 20.9 Å².